The molecule has 0 aliphatic carbocycles. The molecule has 0 radical (unpaired) electrons. The molecule has 3 amide bonds. The Morgan fingerprint density at radius 1 is 0.929 bits per heavy atom. The highest BCUT2D eigenvalue weighted by atomic mass is 35.5. The summed E-state index contributed by atoms with van der Waals surface area (Å²) in [6.07, 6.45) is 0. The van der Waals surface area contributed by atoms with Gasteiger partial charge in [-0.3, -0.25) is 4.79 Å². The Labute approximate surface area is 168 Å². The number of halogens is 2. The third-order valence-corrected chi connectivity index (χ3v) is 4.81. The van der Waals surface area contributed by atoms with E-state index >= 15 is 0 Å². The van der Waals surface area contributed by atoms with Gasteiger partial charge in [-0.2, -0.15) is 0 Å². The fraction of sp³-hybridized carbons (Fsp3) is 0.300. The lowest BCUT2D eigenvalue weighted by Crippen LogP contribution is -2.53. The Bertz CT molecular complexity index is 806. The predicted octanol–water partition coefficient (Wildman–Crippen LogP) is 2.63. The molecular weight excluding hydrogens is 383 g/mol. The Kier molecular flexibility index (Phi) is 6.71. The van der Waals surface area contributed by atoms with Crippen molar-refractivity contribution in [2.24, 2.45) is 0 Å². The van der Waals surface area contributed by atoms with Crippen LogP contribution in [-0.2, 0) is 11.3 Å². The van der Waals surface area contributed by atoms with Crippen LogP contribution < -0.4 is 15.5 Å². The molecule has 0 saturated carbocycles. The number of benzene rings is 2. The molecule has 2 aromatic rings. The first-order chi connectivity index (χ1) is 13.5. The molecule has 6 nitrogen and oxygen atoms in total. The van der Waals surface area contributed by atoms with E-state index in [-0.39, 0.29) is 24.3 Å². The van der Waals surface area contributed by atoms with Crippen LogP contribution in [0.25, 0.3) is 0 Å². The van der Waals surface area contributed by atoms with E-state index in [2.05, 4.69) is 15.5 Å². The zero-order valence-electron chi connectivity index (χ0n) is 15.3. The number of carbonyl (C=O) groups is 2. The van der Waals surface area contributed by atoms with Crippen LogP contribution in [0.1, 0.15) is 5.56 Å². The molecule has 1 fully saturated rings. The summed E-state index contributed by atoms with van der Waals surface area (Å²) in [4.78, 5) is 28.0. The minimum Gasteiger partial charge on any atom is -0.368 e. The van der Waals surface area contributed by atoms with E-state index in [0.717, 1.165) is 11.3 Å². The van der Waals surface area contributed by atoms with Crippen LogP contribution >= 0.6 is 11.6 Å². The molecule has 8 heteroatoms. The standard InChI is InChI=1S/C20H22ClFN4O2/c21-16-3-1-15(2-4-16)13-23-19(27)14-24-20(28)26-11-9-25(10-12-26)18-7-5-17(22)6-8-18/h1-8H,9-14H2,(H,23,27)(H,24,28). The molecule has 1 saturated heterocycles. The monoisotopic (exact) mass is 404 g/mol. The molecule has 1 aliphatic heterocycles. The number of anilines is 1. The van der Waals surface area contributed by atoms with Crippen LogP contribution in [0.4, 0.5) is 14.9 Å². The van der Waals surface area contributed by atoms with Gasteiger partial charge in [0, 0.05) is 43.4 Å². The van der Waals surface area contributed by atoms with E-state index in [9.17, 15) is 14.0 Å². The van der Waals surface area contributed by atoms with E-state index in [0.29, 0.717) is 37.7 Å². The Hall–Kier alpha value is -2.80. The fourth-order valence-corrected chi connectivity index (χ4v) is 3.08. The number of piperazine rings is 1. The number of hydrogen-bond acceptors (Lipinski definition) is 3. The van der Waals surface area contributed by atoms with Gasteiger partial charge in [0.25, 0.3) is 0 Å². The van der Waals surface area contributed by atoms with E-state index in [4.69, 9.17) is 11.6 Å². The lowest BCUT2D eigenvalue weighted by Gasteiger charge is -2.36. The van der Waals surface area contributed by atoms with Crippen LogP contribution in [0.5, 0.6) is 0 Å². The third-order valence-electron chi connectivity index (χ3n) is 4.56. The van der Waals surface area contributed by atoms with Crippen molar-refractivity contribution in [3.05, 3.63) is 64.9 Å². The molecule has 0 aromatic heterocycles. The van der Waals surface area contributed by atoms with Crippen LogP contribution in [0.15, 0.2) is 48.5 Å². The minimum atomic E-state index is -0.267. The third kappa shape index (κ3) is 5.60. The smallest absolute Gasteiger partial charge is 0.317 e. The first-order valence-corrected chi connectivity index (χ1v) is 9.43. The van der Waals surface area contributed by atoms with E-state index in [1.165, 1.54) is 12.1 Å². The summed E-state index contributed by atoms with van der Waals surface area (Å²) in [6.45, 7) is 2.68. The highest BCUT2D eigenvalue weighted by Crippen LogP contribution is 2.16. The van der Waals surface area contributed by atoms with Gasteiger partial charge in [0.1, 0.15) is 5.82 Å². The van der Waals surface area contributed by atoms with Gasteiger partial charge < -0.3 is 20.4 Å². The minimum absolute atomic E-state index is 0.0788. The van der Waals surface area contributed by atoms with Crippen molar-refractivity contribution >= 4 is 29.2 Å². The number of nitrogens with zero attached hydrogens (tertiary/aromatic N) is 2. The van der Waals surface area contributed by atoms with E-state index in [1.54, 1.807) is 29.2 Å². The molecule has 3 rings (SSSR count). The van der Waals surface area contributed by atoms with Crippen LogP contribution in [0.3, 0.4) is 0 Å². The van der Waals surface area contributed by atoms with Crippen molar-refractivity contribution < 1.29 is 14.0 Å². The second kappa shape index (κ2) is 9.41. The zero-order chi connectivity index (χ0) is 19.9. The maximum atomic E-state index is 13.0. The van der Waals surface area contributed by atoms with Crippen molar-refractivity contribution in [1.82, 2.24) is 15.5 Å². The second-order valence-corrected chi connectivity index (χ2v) is 6.95. The van der Waals surface area contributed by atoms with Gasteiger partial charge >= 0.3 is 6.03 Å². The van der Waals surface area contributed by atoms with E-state index in [1.807, 2.05) is 12.1 Å². The van der Waals surface area contributed by atoms with Gasteiger partial charge in [-0.15, -0.1) is 0 Å². The van der Waals surface area contributed by atoms with Crippen LogP contribution in [0, 0.1) is 5.82 Å². The topological polar surface area (TPSA) is 64.7 Å². The average molecular weight is 405 g/mol. The molecule has 148 valence electrons. The summed E-state index contributed by atoms with van der Waals surface area (Å²) in [5, 5.41) is 6.04. The SMILES string of the molecule is O=C(CNC(=O)N1CCN(c2ccc(F)cc2)CC1)NCc1ccc(Cl)cc1. The number of rotatable bonds is 5. The summed E-state index contributed by atoms with van der Waals surface area (Å²) >= 11 is 5.83. The summed E-state index contributed by atoms with van der Waals surface area (Å²) in [5.74, 6) is -0.524. The quantitative estimate of drug-likeness (QED) is 0.805. The molecule has 0 spiro atoms. The van der Waals surface area contributed by atoms with Gasteiger partial charge in [0.05, 0.1) is 6.54 Å². The fourth-order valence-electron chi connectivity index (χ4n) is 2.95. The molecule has 0 atom stereocenters. The lowest BCUT2D eigenvalue weighted by atomic mass is 10.2. The summed E-state index contributed by atoms with van der Waals surface area (Å²) in [7, 11) is 0. The van der Waals surface area contributed by atoms with Crippen molar-refractivity contribution in [1.29, 1.82) is 0 Å². The maximum absolute atomic E-state index is 13.0. The number of hydrogen-bond donors (Lipinski definition) is 2. The second-order valence-electron chi connectivity index (χ2n) is 6.51. The first-order valence-electron chi connectivity index (χ1n) is 9.06. The molecule has 0 bridgehead atoms. The molecule has 2 N–H and O–H groups in total. The zero-order valence-corrected chi connectivity index (χ0v) is 16.1. The van der Waals surface area contributed by atoms with Crippen LogP contribution in [0.2, 0.25) is 5.02 Å². The molecule has 28 heavy (non-hydrogen) atoms. The Morgan fingerprint density at radius 3 is 2.21 bits per heavy atom. The lowest BCUT2D eigenvalue weighted by molar-refractivity contribution is -0.120. The van der Waals surface area contributed by atoms with Crippen molar-refractivity contribution in [2.75, 3.05) is 37.6 Å². The average Bonchev–Trinajstić information content (AvgIpc) is 2.72. The summed E-state index contributed by atoms with van der Waals surface area (Å²) in [5.41, 5.74) is 1.86. The largest absolute Gasteiger partial charge is 0.368 e. The Balaban J connectivity index is 1.37. The molecule has 1 heterocycles. The number of nitrogens with one attached hydrogen (secondary N) is 2. The van der Waals surface area contributed by atoms with Crippen LogP contribution in [-0.4, -0.2) is 49.6 Å². The highest BCUT2D eigenvalue weighted by molar-refractivity contribution is 6.30. The predicted molar refractivity (Wildman–Crippen MR) is 107 cm³/mol. The van der Waals surface area contributed by atoms with E-state index < -0.39 is 0 Å². The number of amides is 3. The molecule has 2 aromatic carbocycles. The van der Waals surface area contributed by atoms with Crippen molar-refractivity contribution in [3.8, 4) is 0 Å². The number of carbonyl (C=O) groups excluding carboxylic acids is 2. The summed E-state index contributed by atoms with van der Waals surface area (Å²) < 4.78 is 13.0. The Morgan fingerprint density at radius 2 is 1.57 bits per heavy atom. The van der Waals surface area contributed by atoms with Crippen molar-refractivity contribution in [2.45, 2.75) is 6.54 Å². The highest BCUT2D eigenvalue weighted by Gasteiger charge is 2.21. The number of urea groups is 1. The first kappa shape index (κ1) is 19.9. The normalized spacial score (nSPS) is 13.9. The summed E-state index contributed by atoms with van der Waals surface area (Å²) in [6, 6.07) is 13.2. The van der Waals surface area contributed by atoms with Crippen molar-refractivity contribution in [3.63, 3.8) is 0 Å². The van der Waals surface area contributed by atoms with Gasteiger partial charge in [-0.25, -0.2) is 9.18 Å². The van der Waals surface area contributed by atoms with Gasteiger partial charge in [0.15, 0.2) is 0 Å². The van der Waals surface area contributed by atoms with Gasteiger partial charge in [-0.05, 0) is 42.0 Å². The molecule has 1 aliphatic rings. The molecule has 0 unspecified atom stereocenters. The molecular formula is C20H22ClFN4O2. The van der Waals surface area contributed by atoms with Gasteiger partial charge in [0.2, 0.25) is 5.91 Å². The van der Waals surface area contributed by atoms with Gasteiger partial charge in [-0.1, -0.05) is 23.7 Å². The maximum Gasteiger partial charge on any atom is 0.317 e.